The van der Waals surface area contributed by atoms with Crippen LogP contribution in [0.1, 0.15) is 6.42 Å². The summed E-state index contributed by atoms with van der Waals surface area (Å²) in [5, 5.41) is 2.74. The smallest absolute Gasteiger partial charge is 0.251 e. The van der Waals surface area contributed by atoms with Crippen LogP contribution in [-0.2, 0) is 9.59 Å². The number of hydrogen-bond donors (Lipinski definition) is 1. The molecule has 0 radical (unpaired) electrons. The third kappa shape index (κ3) is 2.31. The van der Waals surface area contributed by atoms with Crippen molar-refractivity contribution >= 4 is 33.4 Å². The van der Waals surface area contributed by atoms with Crippen LogP contribution < -0.4 is 5.32 Å². The second-order valence-corrected chi connectivity index (χ2v) is 4.73. The fourth-order valence-corrected chi connectivity index (χ4v) is 2.03. The Labute approximate surface area is 106 Å². The Morgan fingerprint density at radius 1 is 1.47 bits per heavy atom. The molecule has 2 amide bonds. The molecule has 0 bridgehead atoms. The molecule has 1 saturated heterocycles. The van der Waals surface area contributed by atoms with Crippen molar-refractivity contribution in [3.05, 3.63) is 28.5 Å². The van der Waals surface area contributed by atoms with Crippen molar-refractivity contribution in [1.29, 1.82) is 0 Å². The fourth-order valence-electron chi connectivity index (χ4n) is 1.66. The number of carbonyl (C=O) groups excluding carboxylic acids is 2. The van der Waals surface area contributed by atoms with Crippen LogP contribution in [0.3, 0.4) is 0 Å². The number of anilines is 1. The van der Waals surface area contributed by atoms with Gasteiger partial charge in [0.1, 0.15) is 11.9 Å². The van der Waals surface area contributed by atoms with Gasteiger partial charge >= 0.3 is 0 Å². The van der Waals surface area contributed by atoms with E-state index in [2.05, 4.69) is 21.2 Å². The van der Waals surface area contributed by atoms with Crippen LogP contribution in [0, 0.1) is 5.82 Å². The lowest BCUT2D eigenvalue weighted by Crippen LogP contribution is -2.32. The number of likely N-dealkylation sites (tertiary alicyclic amines) is 1. The normalized spacial score (nSPS) is 19.9. The van der Waals surface area contributed by atoms with Crippen molar-refractivity contribution in [2.75, 3.05) is 12.4 Å². The number of likely N-dealkylation sites (N-methyl/N-ethyl adjacent to an activating group) is 1. The van der Waals surface area contributed by atoms with E-state index in [0.29, 0.717) is 4.47 Å². The molecular weight excluding hydrogens is 291 g/mol. The molecule has 0 saturated carbocycles. The van der Waals surface area contributed by atoms with Crippen LogP contribution >= 0.6 is 15.9 Å². The molecule has 0 aromatic heterocycles. The van der Waals surface area contributed by atoms with E-state index in [4.69, 9.17) is 0 Å². The molecule has 90 valence electrons. The van der Waals surface area contributed by atoms with Crippen LogP contribution in [0.4, 0.5) is 10.1 Å². The van der Waals surface area contributed by atoms with Crippen LogP contribution in [0.15, 0.2) is 22.7 Å². The topological polar surface area (TPSA) is 49.4 Å². The summed E-state index contributed by atoms with van der Waals surface area (Å²) in [5.74, 6) is -1.06. The maximum atomic E-state index is 13.5. The summed E-state index contributed by atoms with van der Waals surface area (Å²) in [6.07, 6.45) is 0.0568. The average molecular weight is 301 g/mol. The highest BCUT2D eigenvalue weighted by molar-refractivity contribution is 9.10. The molecule has 1 aromatic rings. The Hall–Kier alpha value is -1.43. The van der Waals surface area contributed by atoms with E-state index in [9.17, 15) is 14.0 Å². The zero-order valence-corrected chi connectivity index (χ0v) is 10.6. The largest absolute Gasteiger partial charge is 0.371 e. The minimum atomic E-state index is -0.684. The first-order valence-electron chi connectivity index (χ1n) is 5.01. The summed E-state index contributed by atoms with van der Waals surface area (Å²) >= 11 is 3.22. The molecule has 2 rings (SSSR count). The van der Waals surface area contributed by atoms with E-state index in [0.717, 1.165) is 4.90 Å². The van der Waals surface area contributed by atoms with Gasteiger partial charge in [-0.05, 0) is 18.2 Å². The highest BCUT2D eigenvalue weighted by Crippen LogP contribution is 2.23. The lowest BCUT2D eigenvalue weighted by atomic mass is 10.2. The van der Waals surface area contributed by atoms with Gasteiger partial charge in [-0.3, -0.25) is 14.5 Å². The van der Waals surface area contributed by atoms with Crippen molar-refractivity contribution in [3.8, 4) is 0 Å². The zero-order chi connectivity index (χ0) is 12.6. The van der Waals surface area contributed by atoms with E-state index in [1.54, 1.807) is 6.07 Å². The van der Waals surface area contributed by atoms with Crippen molar-refractivity contribution in [3.63, 3.8) is 0 Å². The highest BCUT2D eigenvalue weighted by atomic mass is 79.9. The first-order valence-corrected chi connectivity index (χ1v) is 5.80. The third-order valence-electron chi connectivity index (χ3n) is 2.64. The number of imide groups is 1. The number of nitrogens with zero attached hydrogens (tertiary/aromatic N) is 1. The molecule has 4 nitrogen and oxygen atoms in total. The Morgan fingerprint density at radius 2 is 2.18 bits per heavy atom. The summed E-state index contributed by atoms with van der Waals surface area (Å²) in [4.78, 5) is 24.0. The first-order chi connectivity index (χ1) is 7.99. The Morgan fingerprint density at radius 3 is 2.76 bits per heavy atom. The molecule has 1 aliphatic heterocycles. The number of carbonyl (C=O) groups is 2. The van der Waals surface area contributed by atoms with E-state index >= 15 is 0 Å². The lowest BCUT2D eigenvalue weighted by Gasteiger charge is -2.13. The van der Waals surface area contributed by atoms with E-state index in [1.165, 1.54) is 19.2 Å². The van der Waals surface area contributed by atoms with Gasteiger partial charge in [0.25, 0.3) is 5.91 Å². The molecule has 1 aliphatic rings. The van der Waals surface area contributed by atoms with Crippen molar-refractivity contribution < 1.29 is 14.0 Å². The average Bonchev–Trinajstić information content (AvgIpc) is 2.52. The predicted octanol–water partition coefficient (Wildman–Crippen LogP) is 1.76. The van der Waals surface area contributed by atoms with Crippen LogP contribution in [0.2, 0.25) is 0 Å². The fraction of sp³-hybridized carbons (Fsp3) is 0.273. The summed E-state index contributed by atoms with van der Waals surface area (Å²) < 4.78 is 14.2. The van der Waals surface area contributed by atoms with Crippen LogP contribution in [0.25, 0.3) is 0 Å². The molecule has 1 fully saturated rings. The zero-order valence-electron chi connectivity index (χ0n) is 9.04. The molecule has 1 heterocycles. The Balaban J connectivity index is 2.19. The second kappa shape index (κ2) is 4.44. The number of benzene rings is 1. The van der Waals surface area contributed by atoms with Gasteiger partial charge in [-0.25, -0.2) is 4.39 Å². The molecular formula is C11H10BrFN2O2. The molecule has 1 aromatic carbocycles. The van der Waals surface area contributed by atoms with Gasteiger partial charge in [0.2, 0.25) is 5.91 Å². The van der Waals surface area contributed by atoms with Crippen molar-refractivity contribution in [2.24, 2.45) is 0 Å². The van der Waals surface area contributed by atoms with E-state index < -0.39 is 11.9 Å². The Kier molecular flexibility index (Phi) is 3.15. The summed E-state index contributed by atoms with van der Waals surface area (Å²) in [6.45, 7) is 0. The monoisotopic (exact) mass is 300 g/mol. The maximum absolute atomic E-state index is 13.5. The van der Waals surface area contributed by atoms with Gasteiger partial charge in [-0.2, -0.15) is 0 Å². The third-order valence-corrected chi connectivity index (χ3v) is 3.13. The van der Waals surface area contributed by atoms with E-state index in [1.807, 2.05) is 0 Å². The number of amides is 2. The molecule has 0 aliphatic carbocycles. The summed E-state index contributed by atoms with van der Waals surface area (Å²) in [6, 6.07) is 3.70. The van der Waals surface area contributed by atoms with Gasteiger partial charge in [-0.15, -0.1) is 0 Å². The highest BCUT2D eigenvalue weighted by Gasteiger charge is 2.36. The molecule has 17 heavy (non-hydrogen) atoms. The number of halogens is 2. The maximum Gasteiger partial charge on any atom is 0.251 e. The quantitative estimate of drug-likeness (QED) is 0.847. The van der Waals surface area contributed by atoms with Gasteiger partial charge in [-0.1, -0.05) is 15.9 Å². The first kappa shape index (κ1) is 12.0. The van der Waals surface area contributed by atoms with Gasteiger partial charge in [0, 0.05) is 11.5 Å². The number of rotatable bonds is 2. The van der Waals surface area contributed by atoms with Crippen molar-refractivity contribution in [1.82, 2.24) is 4.90 Å². The molecule has 0 spiro atoms. The number of nitrogens with one attached hydrogen (secondary N) is 1. The van der Waals surface area contributed by atoms with E-state index in [-0.39, 0.29) is 23.9 Å². The van der Waals surface area contributed by atoms with Crippen LogP contribution in [0.5, 0.6) is 0 Å². The molecule has 6 heteroatoms. The van der Waals surface area contributed by atoms with Crippen LogP contribution in [-0.4, -0.2) is 29.8 Å². The SMILES string of the molecule is CN1C(=O)CC(Nc2cc(Br)ccc2F)C1=O. The lowest BCUT2D eigenvalue weighted by molar-refractivity contribution is -0.136. The summed E-state index contributed by atoms with van der Waals surface area (Å²) in [5.41, 5.74) is 0.209. The minimum Gasteiger partial charge on any atom is -0.371 e. The summed E-state index contributed by atoms with van der Waals surface area (Å²) in [7, 11) is 1.42. The second-order valence-electron chi connectivity index (χ2n) is 3.82. The van der Waals surface area contributed by atoms with Crippen molar-refractivity contribution in [2.45, 2.75) is 12.5 Å². The molecule has 1 atom stereocenters. The van der Waals surface area contributed by atoms with Gasteiger partial charge < -0.3 is 5.32 Å². The molecule has 1 N–H and O–H groups in total. The standard InChI is InChI=1S/C11H10BrFN2O2/c1-15-10(16)5-9(11(15)17)14-8-4-6(12)2-3-7(8)13/h2-4,9,14H,5H2,1H3. The minimum absolute atomic E-state index is 0.0568. The molecule has 1 unspecified atom stereocenters. The van der Waals surface area contributed by atoms with Gasteiger partial charge in [0.05, 0.1) is 12.1 Å². The van der Waals surface area contributed by atoms with Gasteiger partial charge in [0.15, 0.2) is 0 Å². The Bertz CT molecular complexity index is 492. The number of hydrogen-bond acceptors (Lipinski definition) is 3. The predicted molar refractivity (Wildman–Crippen MR) is 63.9 cm³/mol.